The summed E-state index contributed by atoms with van der Waals surface area (Å²) in [6, 6.07) is 5.70. The zero-order valence-electron chi connectivity index (χ0n) is 13.0. The maximum Gasteiger partial charge on any atom is 0.225 e. The van der Waals surface area contributed by atoms with E-state index in [2.05, 4.69) is 23.7 Å². The van der Waals surface area contributed by atoms with Crippen molar-refractivity contribution in [1.82, 2.24) is 9.88 Å². The molecule has 0 spiro atoms. The molecule has 0 fully saturated rings. The maximum absolute atomic E-state index is 11.9. The molecule has 0 saturated carbocycles. The van der Waals surface area contributed by atoms with Gasteiger partial charge in [-0.15, -0.1) is 12.4 Å². The van der Waals surface area contributed by atoms with E-state index in [-0.39, 0.29) is 18.3 Å². The van der Waals surface area contributed by atoms with Gasteiger partial charge >= 0.3 is 0 Å². The Labute approximate surface area is 146 Å². The standard InChI is InChI=1S/C15H20ClN3OS.ClH/c1-4-18(5-2)9-10-19(11(3)20)15-17-14-12(16)7-6-8-13(14)21-15;/h6-8H,4-5,9-10H2,1-3H3;1H. The molecule has 22 heavy (non-hydrogen) atoms. The molecule has 0 aliphatic carbocycles. The van der Waals surface area contributed by atoms with Crippen LogP contribution in [0.25, 0.3) is 10.2 Å². The molecule has 2 rings (SSSR count). The molecule has 0 atom stereocenters. The normalized spacial score (nSPS) is 10.8. The Hall–Kier alpha value is -0.880. The van der Waals surface area contributed by atoms with Gasteiger partial charge in [0.15, 0.2) is 5.13 Å². The second-order valence-corrected chi connectivity index (χ2v) is 6.20. The molecule has 2 aromatic rings. The molecule has 4 nitrogen and oxygen atoms in total. The Bertz CT molecular complexity index is 628. The van der Waals surface area contributed by atoms with Gasteiger partial charge in [-0.2, -0.15) is 0 Å². The van der Waals surface area contributed by atoms with E-state index in [0.717, 1.165) is 35.0 Å². The lowest BCUT2D eigenvalue weighted by atomic mass is 10.3. The number of thiazole rings is 1. The van der Waals surface area contributed by atoms with E-state index in [1.807, 2.05) is 18.2 Å². The molecular formula is C15H21Cl2N3OS. The van der Waals surface area contributed by atoms with Crippen molar-refractivity contribution >= 4 is 56.6 Å². The number of carbonyl (C=O) groups is 1. The monoisotopic (exact) mass is 361 g/mol. The summed E-state index contributed by atoms with van der Waals surface area (Å²) in [5, 5.41) is 1.35. The number of aromatic nitrogens is 1. The summed E-state index contributed by atoms with van der Waals surface area (Å²) in [6.07, 6.45) is 0. The summed E-state index contributed by atoms with van der Waals surface area (Å²) in [4.78, 5) is 20.5. The maximum atomic E-state index is 11.9. The van der Waals surface area contributed by atoms with E-state index in [1.165, 1.54) is 11.3 Å². The van der Waals surface area contributed by atoms with Crippen molar-refractivity contribution < 1.29 is 4.79 Å². The Morgan fingerprint density at radius 1 is 1.27 bits per heavy atom. The van der Waals surface area contributed by atoms with E-state index in [9.17, 15) is 4.79 Å². The van der Waals surface area contributed by atoms with Crippen molar-refractivity contribution in [2.45, 2.75) is 20.8 Å². The second-order valence-electron chi connectivity index (χ2n) is 4.78. The van der Waals surface area contributed by atoms with Crippen LogP contribution in [0.4, 0.5) is 5.13 Å². The van der Waals surface area contributed by atoms with Crippen molar-refractivity contribution in [3.63, 3.8) is 0 Å². The second kappa shape index (κ2) is 8.67. The molecule has 0 radical (unpaired) electrons. The smallest absolute Gasteiger partial charge is 0.225 e. The average molecular weight is 362 g/mol. The SMILES string of the molecule is CCN(CC)CCN(C(C)=O)c1nc2c(Cl)cccc2s1.Cl. The van der Waals surface area contributed by atoms with E-state index in [1.54, 1.807) is 11.8 Å². The van der Waals surface area contributed by atoms with E-state index < -0.39 is 0 Å². The van der Waals surface area contributed by atoms with Gasteiger partial charge in [-0.1, -0.05) is 42.9 Å². The van der Waals surface area contributed by atoms with Gasteiger partial charge in [0.1, 0.15) is 5.52 Å². The summed E-state index contributed by atoms with van der Waals surface area (Å²) < 4.78 is 1.01. The van der Waals surface area contributed by atoms with Crippen LogP contribution in [0.5, 0.6) is 0 Å². The van der Waals surface area contributed by atoms with Crippen molar-refractivity contribution in [2.75, 3.05) is 31.1 Å². The van der Waals surface area contributed by atoms with E-state index in [4.69, 9.17) is 11.6 Å². The molecule has 0 aliphatic rings. The highest BCUT2D eigenvalue weighted by Gasteiger charge is 2.17. The number of hydrogen-bond donors (Lipinski definition) is 0. The molecule has 0 unspecified atom stereocenters. The summed E-state index contributed by atoms with van der Waals surface area (Å²) >= 11 is 7.67. The van der Waals surface area contributed by atoms with Crippen LogP contribution in [0.15, 0.2) is 18.2 Å². The summed E-state index contributed by atoms with van der Waals surface area (Å²) in [7, 11) is 0. The number of benzene rings is 1. The molecule has 1 aromatic heterocycles. The highest BCUT2D eigenvalue weighted by atomic mass is 35.5. The van der Waals surface area contributed by atoms with Crippen LogP contribution >= 0.6 is 35.3 Å². The molecule has 0 saturated heterocycles. The fraction of sp³-hybridized carbons (Fsp3) is 0.467. The largest absolute Gasteiger partial charge is 0.302 e. The van der Waals surface area contributed by atoms with Crippen molar-refractivity contribution in [1.29, 1.82) is 0 Å². The number of likely N-dealkylation sites (N-methyl/N-ethyl adjacent to an activating group) is 1. The Balaban J connectivity index is 0.00000242. The predicted molar refractivity (Wildman–Crippen MR) is 97.7 cm³/mol. The number of anilines is 1. The van der Waals surface area contributed by atoms with Crippen LogP contribution in [0.2, 0.25) is 5.02 Å². The van der Waals surface area contributed by atoms with E-state index in [0.29, 0.717) is 11.6 Å². The third kappa shape index (κ3) is 4.32. The highest BCUT2D eigenvalue weighted by molar-refractivity contribution is 7.22. The minimum Gasteiger partial charge on any atom is -0.302 e. The van der Waals surface area contributed by atoms with Crippen LogP contribution in [0, 0.1) is 0 Å². The molecule has 1 heterocycles. The number of nitrogens with zero attached hydrogens (tertiary/aromatic N) is 3. The first-order valence-corrected chi connectivity index (χ1v) is 8.31. The van der Waals surface area contributed by atoms with Gasteiger partial charge in [0.05, 0.1) is 9.72 Å². The number of carbonyl (C=O) groups excluding carboxylic acids is 1. The van der Waals surface area contributed by atoms with Gasteiger partial charge in [-0.05, 0) is 25.2 Å². The third-order valence-corrected chi connectivity index (χ3v) is 4.85. The summed E-state index contributed by atoms with van der Waals surface area (Å²) in [5.41, 5.74) is 0.772. The fourth-order valence-corrected chi connectivity index (χ4v) is 3.52. The van der Waals surface area contributed by atoms with Gasteiger partial charge in [0.2, 0.25) is 5.91 Å². The topological polar surface area (TPSA) is 36.4 Å². The summed E-state index contributed by atoms with van der Waals surface area (Å²) in [6.45, 7) is 9.28. The minimum atomic E-state index is 0. The first kappa shape index (κ1) is 19.2. The predicted octanol–water partition coefficient (Wildman–Crippen LogP) is 4.07. The van der Waals surface area contributed by atoms with Crippen LogP contribution in [-0.4, -0.2) is 42.0 Å². The van der Waals surface area contributed by atoms with Gasteiger partial charge in [0.25, 0.3) is 0 Å². The first-order chi connectivity index (χ1) is 10.1. The lowest BCUT2D eigenvalue weighted by Crippen LogP contribution is -2.37. The Morgan fingerprint density at radius 2 is 1.95 bits per heavy atom. The number of amides is 1. The van der Waals surface area contributed by atoms with Crippen LogP contribution < -0.4 is 4.90 Å². The highest BCUT2D eigenvalue weighted by Crippen LogP contribution is 2.32. The molecule has 122 valence electrons. The molecule has 0 N–H and O–H groups in total. The van der Waals surface area contributed by atoms with E-state index >= 15 is 0 Å². The van der Waals surface area contributed by atoms with Gasteiger partial charge in [0, 0.05) is 20.0 Å². The number of para-hydroxylation sites is 1. The Kier molecular flexibility index (Phi) is 7.56. The number of hydrogen-bond acceptors (Lipinski definition) is 4. The quantitative estimate of drug-likeness (QED) is 0.777. The van der Waals surface area contributed by atoms with Crippen molar-refractivity contribution in [3.8, 4) is 0 Å². The first-order valence-electron chi connectivity index (χ1n) is 7.12. The lowest BCUT2D eigenvalue weighted by Gasteiger charge is -2.23. The van der Waals surface area contributed by atoms with Crippen molar-refractivity contribution in [2.24, 2.45) is 0 Å². The van der Waals surface area contributed by atoms with Crippen LogP contribution in [0.1, 0.15) is 20.8 Å². The van der Waals surface area contributed by atoms with Crippen LogP contribution in [-0.2, 0) is 4.79 Å². The van der Waals surface area contributed by atoms with Crippen molar-refractivity contribution in [3.05, 3.63) is 23.2 Å². The zero-order chi connectivity index (χ0) is 15.4. The molecule has 0 aliphatic heterocycles. The summed E-state index contributed by atoms with van der Waals surface area (Å²) in [5.74, 6) is 0.0114. The molecule has 0 bridgehead atoms. The fourth-order valence-electron chi connectivity index (χ4n) is 2.19. The van der Waals surface area contributed by atoms with Crippen LogP contribution in [0.3, 0.4) is 0 Å². The van der Waals surface area contributed by atoms with Gasteiger partial charge in [-0.25, -0.2) is 4.98 Å². The third-order valence-electron chi connectivity index (χ3n) is 3.50. The Morgan fingerprint density at radius 3 is 2.50 bits per heavy atom. The molecular weight excluding hydrogens is 341 g/mol. The average Bonchev–Trinajstić information content (AvgIpc) is 2.88. The molecule has 1 amide bonds. The molecule has 1 aromatic carbocycles. The number of halogens is 2. The molecule has 7 heteroatoms. The lowest BCUT2D eigenvalue weighted by molar-refractivity contribution is -0.116. The van der Waals surface area contributed by atoms with Gasteiger partial charge < -0.3 is 4.90 Å². The zero-order valence-corrected chi connectivity index (χ0v) is 15.4. The number of rotatable bonds is 6. The van der Waals surface area contributed by atoms with Gasteiger partial charge in [-0.3, -0.25) is 9.69 Å². The number of fused-ring (bicyclic) bond motifs is 1. The minimum absolute atomic E-state index is 0.